The molecule has 4 nitrogen and oxygen atoms in total. The van der Waals surface area contributed by atoms with Crippen LogP contribution >= 0.6 is 0 Å². The average molecular weight is 283 g/mol. The molecule has 1 rings (SSSR count). The van der Waals surface area contributed by atoms with Gasteiger partial charge in [-0.3, -0.25) is 9.59 Å². The Morgan fingerprint density at radius 3 is 2.45 bits per heavy atom. The van der Waals surface area contributed by atoms with Crippen molar-refractivity contribution in [2.75, 3.05) is 0 Å². The summed E-state index contributed by atoms with van der Waals surface area (Å²) in [6, 6.07) is 0.262. The van der Waals surface area contributed by atoms with Crippen molar-refractivity contribution >= 4 is 11.9 Å². The monoisotopic (exact) mass is 283 g/mol. The van der Waals surface area contributed by atoms with Crippen molar-refractivity contribution in [3.05, 3.63) is 0 Å². The van der Waals surface area contributed by atoms with E-state index >= 15 is 0 Å². The van der Waals surface area contributed by atoms with Crippen LogP contribution in [0.15, 0.2) is 0 Å². The van der Waals surface area contributed by atoms with Gasteiger partial charge in [-0.25, -0.2) is 0 Å². The van der Waals surface area contributed by atoms with Gasteiger partial charge in [-0.1, -0.05) is 39.5 Å². The lowest BCUT2D eigenvalue weighted by Gasteiger charge is -2.28. The molecule has 20 heavy (non-hydrogen) atoms. The number of carboxylic acid groups (broad SMARTS) is 1. The van der Waals surface area contributed by atoms with Gasteiger partial charge in [0.25, 0.3) is 0 Å². The largest absolute Gasteiger partial charge is 0.481 e. The molecular formula is C16H29NO3. The first-order chi connectivity index (χ1) is 9.58. The Morgan fingerprint density at radius 1 is 1.15 bits per heavy atom. The third-order valence-electron chi connectivity index (χ3n) is 4.28. The van der Waals surface area contributed by atoms with E-state index in [0.717, 1.165) is 44.9 Å². The van der Waals surface area contributed by atoms with E-state index in [9.17, 15) is 9.59 Å². The van der Waals surface area contributed by atoms with Crippen LogP contribution in [-0.4, -0.2) is 23.0 Å². The van der Waals surface area contributed by atoms with E-state index in [-0.39, 0.29) is 23.8 Å². The Bertz CT molecular complexity index is 317. The molecular weight excluding hydrogens is 254 g/mol. The Kier molecular flexibility index (Phi) is 7.63. The summed E-state index contributed by atoms with van der Waals surface area (Å²) in [6.07, 6.45) is 8.29. The van der Waals surface area contributed by atoms with Crippen LogP contribution in [0.1, 0.15) is 71.6 Å². The van der Waals surface area contributed by atoms with Crippen molar-refractivity contribution in [2.24, 2.45) is 11.8 Å². The summed E-state index contributed by atoms with van der Waals surface area (Å²) in [5, 5.41) is 12.2. The fourth-order valence-corrected chi connectivity index (χ4v) is 3.06. The first-order valence-corrected chi connectivity index (χ1v) is 8.11. The van der Waals surface area contributed by atoms with Gasteiger partial charge in [0, 0.05) is 12.0 Å². The van der Waals surface area contributed by atoms with Crippen molar-refractivity contribution in [3.63, 3.8) is 0 Å². The van der Waals surface area contributed by atoms with Crippen LogP contribution in [-0.2, 0) is 9.59 Å². The molecule has 0 aromatic rings. The van der Waals surface area contributed by atoms with Crippen LogP contribution in [0.5, 0.6) is 0 Å². The molecule has 0 saturated heterocycles. The first kappa shape index (κ1) is 17.0. The van der Waals surface area contributed by atoms with Gasteiger partial charge in [0.2, 0.25) is 5.91 Å². The highest BCUT2D eigenvalue weighted by molar-refractivity contribution is 5.80. The van der Waals surface area contributed by atoms with E-state index in [0.29, 0.717) is 12.8 Å². The summed E-state index contributed by atoms with van der Waals surface area (Å²) in [4.78, 5) is 23.4. The van der Waals surface area contributed by atoms with Gasteiger partial charge in [-0.05, 0) is 32.1 Å². The van der Waals surface area contributed by atoms with Gasteiger partial charge in [0.1, 0.15) is 0 Å². The highest BCUT2D eigenvalue weighted by atomic mass is 16.4. The number of aliphatic carboxylic acids is 1. The lowest BCUT2D eigenvalue weighted by Crippen LogP contribution is -2.41. The molecule has 1 amide bonds. The van der Waals surface area contributed by atoms with Crippen LogP contribution in [0.25, 0.3) is 0 Å². The quantitative estimate of drug-likeness (QED) is 0.718. The summed E-state index contributed by atoms with van der Waals surface area (Å²) >= 11 is 0. The minimum absolute atomic E-state index is 0.0745. The fraction of sp³-hybridized carbons (Fsp3) is 0.875. The SMILES string of the molecule is CCCCC(CCC)NC(=O)C1CCCC(C(=O)O)C1. The standard InChI is InChI=1S/C16H29NO3/c1-3-5-10-14(7-4-2)17-15(18)12-8-6-9-13(11-12)16(19)20/h12-14H,3-11H2,1-2H3,(H,17,18)(H,19,20). The van der Waals surface area contributed by atoms with Crippen molar-refractivity contribution in [2.45, 2.75) is 77.7 Å². The van der Waals surface area contributed by atoms with E-state index in [1.54, 1.807) is 0 Å². The molecule has 1 fully saturated rings. The zero-order valence-corrected chi connectivity index (χ0v) is 12.9. The minimum Gasteiger partial charge on any atom is -0.481 e. The maximum absolute atomic E-state index is 12.3. The van der Waals surface area contributed by atoms with E-state index < -0.39 is 5.97 Å². The van der Waals surface area contributed by atoms with Gasteiger partial charge in [0.15, 0.2) is 0 Å². The maximum atomic E-state index is 12.3. The van der Waals surface area contributed by atoms with Crippen molar-refractivity contribution in [3.8, 4) is 0 Å². The second kappa shape index (κ2) is 8.98. The van der Waals surface area contributed by atoms with E-state index in [4.69, 9.17) is 5.11 Å². The average Bonchev–Trinajstić information content (AvgIpc) is 2.45. The number of hydrogen-bond acceptors (Lipinski definition) is 2. The first-order valence-electron chi connectivity index (χ1n) is 8.11. The zero-order chi connectivity index (χ0) is 15.0. The Labute approximate surface area is 122 Å². The molecule has 0 aliphatic heterocycles. The summed E-state index contributed by atoms with van der Waals surface area (Å²) in [5.41, 5.74) is 0. The molecule has 1 saturated carbocycles. The number of unbranched alkanes of at least 4 members (excludes halogenated alkanes) is 1. The molecule has 1 aliphatic carbocycles. The molecule has 0 aromatic carbocycles. The maximum Gasteiger partial charge on any atom is 0.306 e. The predicted octanol–water partition coefficient (Wildman–Crippen LogP) is 3.35. The second-order valence-electron chi connectivity index (χ2n) is 6.04. The normalized spacial score (nSPS) is 24.1. The molecule has 116 valence electrons. The molecule has 1 aliphatic rings. The van der Waals surface area contributed by atoms with Gasteiger partial charge in [0.05, 0.1) is 5.92 Å². The lowest BCUT2D eigenvalue weighted by atomic mass is 9.81. The van der Waals surface area contributed by atoms with Crippen molar-refractivity contribution in [1.29, 1.82) is 0 Å². The number of hydrogen-bond donors (Lipinski definition) is 2. The third kappa shape index (κ3) is 5.51. The topological polar surface area (TPSA) is 66.4 Å². The Balaban J connectivity index is 2.48. The molecule has 0 aromatic heterocycles. The summed E-state index contributed by atoms with van der Waals surface area (Å²) < 4.78 is 0. The Hall–Kier alpha value is -1.06. The molecule has 0 radical (unpaired) electrons. The molecule has 3 atom stereocenters. The number of carboxylic acids is 1. The molecule has 0 heterocycles. The summed E-state index contributed by atoms with van der Waals surface area (Å²) in [7, 11) is 0. The van der Waals surface area contributed by atoms with E-state index in [2.05, 4.69) is 19.2 Å². The molecule has 2 N–H and O–H groups in total. The molecule has 0 spiro atoms. The predicted molar refractivity (Wildman–Crippen MR) is 79.4 cm³/mol. The molecule has 3 unspecified atom stereocenters. The highest BCUT2D eigenvalue weighted by Gasteiger charge is 2.31. The van der Waals surface area contributed by atoms with Crippen molar-refractivity contribution in [1.82, 2.24) is 5.32 Å². The van der Waals surface area contributed by atoms with Gasteiger partial charge >= 0.3 is 5.97 Å². The highest BCUT2D eigenvalue weighted by Crippen LogP contribution is 2.29. The van der Waals surface area contributed by atoms with Gasteiger partial charge in [-0.15, -0.1) is 0 Å². The fourth-order valence-electron chi connectivity index (χ4n) is 3.06. The van der Waals surface area contributed by atoms with Crippen LogP contribution in [0.3, 0.4) is 0 Å². The van der Waals surface area contributed by atoms with E-state index in [1.807, 2.05) is 0 Å². The van der Waals surface area contributed by atoms with Crippen LogP contribution < -0.4 is 5.32 Å². The number of amides is 1. The number of rotatable bonds is 8. The number of carbonyl (C=O) groups is 2. The third-order valence-corrected chi connectivity index (χ3v) is 4.28. The molecule has 4 heteroatoms. The summed E-state index contributed by atoms with van der Waals surface area (Å²) in [6.45, 7) is 4.29. The lowest BCUT2D eigenvalue weighted by molar-refractivity contribution is -0.144. The summed E-state index contributed by atoms with van der Waals surface area (Å²) in [5.74, 6) is -1.12. The van der Waals surface area contributed by atoms with E-state index in [1.165, 1.54) is 0 Å². The Morgan fingerprint density at radius 2 is 1.85 bits per heavy atom. The van der Waals surface area contributed by atoms with Crippen molar-refractivity contribution < 1.29 is 14.7 Å². The van der Waals surface area contributed by atoms with Crippen LogP contribution in [0, 0.1) is 11.8 Å². The molecule has 0 bridgehead atoms. The van der Waals surface area contributed by atoms with Gasteiger partial charge < -0.3 is 10.4 Å². The van der Waals surface area contributed by atoms with Crippen LogP contribution in [0.2, 0.25) is 0 Å². The number of nitrogens with one attached hydrogen (secondary N) is 1. The van der Waals surface area contributed by atoms with Crippen LogP contribution in [0.4, 0.5) is 0 Å². The smallest absolute Gasteiger partial charge is 0.306 e. The zero-order valence-electron chi connectivity index (χ0n) is 12.9. The minimum atomic E-state index is -0.751. The second-order valence-corrected chi connectivity index (χ2v) is 6.04. The van der Waals surface area contributed by atoms with Gasteiger partial charge in [-0.2, -0.15) is 0 Å². The number of carbonyl (C=O) groups excluding carboxylic acids is 1.